The van der Waals surface area contributed by atoms with Crippen molar-refractivity contribution in [1.82, 2.24) is 15.0 Å². The third-order valence-corrected chi connectivity index (χ3v) is 3.58. The highest BCUT2D eigenvalue weighted by molar-refractivity contribution is 7.98. The van der Waals surface area contributed by atoms with Gasteiger partial charge in [0.15, 0.2) is 5.58 Å². The Hall–Kier alpha value is -2.08. The summed E-state index contributed by atoms with van der Waals surface area (Å²) < 4.78 is 5.66. The van der Waals surface area contributed by atoms with Gasteiger partial charge >= 0.3 is 0 Å². The van der Waals surface area contributed by atoms with Gasteiger partial charge in [0, 0.05) is 18.8 Å². The Balaban J connectivity index is 1.77. The van der Waals surface area contributed by atoms with Crippen LogP contribution in [0.5, 0.6) is 0 Å². The molecule has 3 rings (SSSR count). The van der Waals surface area contributed by atoms with Crippen LogP contribution in [0.3, 0.4) is 0 Å². The first-order chi connectivity index (χ1) is 9.74. The lowest BCUT2D eigenvalue weighted by molar-refractivity contribution is 0.489. The summed E-state index contributed by atoms with van der Waals surface area (Å²) in [5.74, 6) is 2.22. The number of aryl methyl sites for hydroxylation is 1. The number of fused-ring (bicyclic) bond motifs is 1. The molecule has 0 fully saturated rings. The number of anilines is 1. The molecule has 6 heteroatoms. The predicted octanol–water partition coefficient (Wildman–Crippen LogP) is 3.26. The van der Waals surface area contributed by atoms with Gasteiger partial charge in [0.05, 0.1) is 5.75 Å². The SMILES string of the molecule is CNc1cc(C)nc(CSc2nc3ccccc3o2)n1. The van der Waals surface area contributed by atoms with E-state index in [-0.39, 0.29) is 0 Å². The van der Waals surface area contributed by atoms with Crippen molar-refractivity contribution in [3.05, 3.63) is 41.9 Å². The van der Waals surface area contributed by atoms with Crippen LogP contribution >= 0.6 is 11.8 Å². The van der Waals surface area contributed by atoms with E-state index in [4.69, 9.17) is 4.42 Å². The summed E-state index contributed by atoms with van der Waals surface area (Å²) in [6.45, 7) is 1.95. The molecule has 2 heterocycles. The highest BCUT2D eigenvalue weighted by Gasteiger charge is 2.08. The minimum absolute atomic E-state index is 0.628. The van der Waals surface area contributed by atoms with Gasteiger partial charge in [0.2, 0.25) is 0 Å². The second-order valence-electron chi connectivity index (χ2n) is 4.30. The number of aromatic nitrogens is 3. The maximum atomic E-state index is 5.66. The molecule has 0 unspecified atom stereocenters. The van der Waals surface area contributed by atoms with Crippen molar-refractivity contribution < 1.29 is 4.42 Å². The quantitative estimate of drug-likeness (QED) is 0.743. The maximum Gasteiger partial charge on any atom is 0.257 e. The molecule has 1 N–H and O–H groups in total. The predicted molar refractivity (Wildman–Crippen MR) is 79.9 cm³/mol. The van der Waals surface area contributed by atoms with E-state index < -0.39 is 0 Å². The van der Waals surface area contributed by atoms with Gasteiger partial charge in [-0.05, 0) is 19.1 Å². The number of thioether (sulfide) groups is 1. The number of hydrogen-bond donors (Lipinski definition) is 1. The molecule has 5 nitrogen and oxygen atoms in total. The minimum Gasteiger partial charge on any atom is -0.431 e. The summed E-state index contributed by atoms with van der Waals surface area (Å²) in [7, 11) is 1.85. The molecule has 3 aromatic rings. The summed E-state index contributed by atoms with van der Waals surface area (Å²) in [5.41, 5.74) is 2.62. The second kappa shape index (κ2) is 5.50. The van der Waals surface area contributed by atoms with E-state index in [1.54, 1.807) is 0 Å². The van der Waals surface area contributed by atoms with Gasteiger partial charge in [0.25, 0.3) is 5.22 Å². The third-order valence-electron chi connectivity index (χ3n) is 2.76. The molecule has 0 spiro atoms. The Kier molecular flexibility index (Phi) is 3.56. The van der Waals surface area contributed by atoms with Crippen LogP contribution in [0.1, 0.15) is 11.5 Å². The van der Waals surface area contributed by atoms with Crippen LogP contribution < -0.4 is 5.32 Å². The zero-order valence-electron chi connectivity index (χ0n) is 11.3. The number of rotatable bonds is 4. The van der Waals surface area contributed by atoms with Crippen LogP contribution in [0, 0.1) is 6.92 Å². The minimum atomic E-state index is 0.628. The summed E-state index contributed by atoms with van der Waals surface area (Å²) in [4.78, 5) is 13.2. The lowest BCUT2D eigenvalue weighted by Crippen LogP contribution is -2.00. The van der Waals surface area contributed by atoms with E-state index >= 15 is 0 Å². The summed E-state index contributed by atoms with van der Waals surface area (Å²) in [6, 6.07) is 9.64. The van der Waals surface area contributed by atoms with Crippen LogP contribution in [0.15, 0.2) is 40.0 Å². The topological polar surface area (TPSA) is 63.8 Å². The molecular formula is C14H14N4OS. The molecule has 1 aromatic carbocycles. The molecule has 102 valence electrons. The molecule has 20 heavy (non-hydrogen) atoms. The zero-order chi connectivity index (χ0) is 13.9. The van der Waals surface area contributed by atoms with Crippen LogP contribution in [-0.2, 0) is 5.75 Å². The van der Waals surface area contributed by atoms with E-state index in [1.165, 1.54) is 11.8 Å². The van der Waals surface area contributed by atoms with E-state index in [0.717, 1.165) is 28.4 Å². The van der Waals surface area contributed by atoms with Gasteiger partial charge in [-0.3, -0.25) is 0 Å². The van der Waals surface area contributed by atoms with Gasteiger partial charge in [-0.25, -0.2) is 15.0 Å². The Labute approximate surface area is 120 Å². The Morgan fingerprint density at radius 2 is 2.05 bits per heavy atom. The summed E-state index contributed by atoms with van der Waals surface area (Å²) in [6.07, 6.45) is 0. The molecule has 0 aliphatic rings. The number of nitrogens with one attached hydrogen (secondary N) is 1. The van der Waals surface area contributed by atoms with Gasteiger partial charge < -0.3 is 9.73 Å². The molecule has 0 saturated heterocycles. The number of oxazole rings is 1. The first-order valence-corrected chi connectivity index (χ1v) is 7.24. The standard InChI is InChI=1S/C14H14N4OS/c1-9-7-12(15-2)18-13(16-9)8-20-14-17-10-5-3-4-6-11(10)19-14/h3-7H,8H2,1-2H3,(H,15,16,18). The largest absolute Gasteiger partial charge is 0.431 e. The fourth-order valence-electron chi connectivity index (χ4n) is 1.86. The molecule has 0 bridgehead atoms. The van der Waals surface area contributed by atoms with Crippen LogP contribution in [-0.4, -0.2) is 22.0 Å². The number of benzene rings is 1. The molecule has 0 aliphatic heterocycles. The lowest BCUT2D eigenvalue weighted by atomic mass is 10.3. The number of hydrogen-bond acceptors (Lipinski definition) is 6. The summed E-state index contributed by atoms with van der Waals surface area (Å²) in [5, 5.41) is 3.67. The smallest absolute Gasteiger partial charge is 0.257 e. The highest BCUT2D eigenvalue weighted by atomic mass is 32.2. The van der Waals surface area contributed by atoms with Crippen LogP contribution in [0.25, 0.3) is 11.1 Å². The fourth-order valence-corrected chi connectivity index (χ4v) is 2.56. The Morgan fingerprint density at radius 1 is 1.20 bits per heavy atom. The average molecular weight is 286 g/mol. The second-order valence-corrected chi connectivity index (χ2v) is 5.22. The van der Waals surface area contributed by atoms with Crippen LogP contribution in [0.4, 0.5) is 5.82 Å². The molecule has 0 aliphatic carbocycles. The van der Waals surface area contributed by atoms with Crippen molar-refractivity contribution in [3.8, 4) is 0 Å². The lowest BCUT2D eigenvalue weighted by Gasteiger charge is -2.03. The van der Waals surface area contributed by atoms with Crippen molar-refractivity contribution in [3.63, 3.8) is 0 Å². The number of para-hydroxylation sites is 2. The monoisotopic (exact) mass is 286 g/mol. The van der Waals surface area contributed by atoms with E-state index in [1.807, 2.05) is 44.3 Å². The Bertz CT molecular complexity index is 708. The highest BCUT2D eigenvalue weighted by Crippen LogP contribution is 2.25. The fraction of sp³-hybridized carbons (Fsp3) is 0.214. The van der Waals surface area contributed by atoms with E-state index in [0.29, 0.717) is 11.0 Å². The van der Waals surface area contributed by atoms with Gasteiger partial charge in [-0.1, -0.05) is 23.9 Å². The molecule has 0 amide bonds. The molecular weight excluding hydrogens is 272 g/mol. The van der Waals surface area contributed by atoms with Crippen molar-refractivity contribution in [2.75, 3.05) is 12.4 Å². The van der Waals surface area contributed by atoms with Gasteiger partial charge in [-0.15, -0.1) is 0 Å². The third kappa shape index (κ3) is 2.75. The van der Waals surface area contributed by atoms with E-state index in [2.05, 4.69) is 20.3 Å². The average Bonchev–Trinajstić information content (AvgIpc) is 2.87. The van der Waals surface area contributed by atoms with Gasteiger partial charge in [0.1, 0.15) is 17.2 Å². The van der Waals surface area contributed by atoms with Crippen molar-refractivity contribution in [2.45, 2.75) is 17.9 Å². The maximum absolute atomic E-state index is 5.66. The zero-order valence-corrected chi connectivity index (χ0v) is 12.1. The summed E-state index contributed by atoms with van der Waals surface area (Å²) >= 11 is 1.50. The first-order valence-electron chi connectivity index (χ1n) is 6.25. The van der Waals surface area contributed by atoms with Crippen molar-refractivity contribution in [1.29, 1.82) is 0 Å². The normalized spacial score (nSPS) is 10.9. The molecule has 0 radical (unpaired) electrons. The molecule has 0 saturated carbocycles. The van der Waals surface area contributed by atoms with Crippen molar-refractivity contribution >= 4 is 28.7 Å². The van der Waals surface area contributed by atoms with Crippen molar-refractivity contribution in [2.24, 2.45) is 0 Å². The first kappa shape index (κ1) is 12.9. The molecule has 2 aromatic heterocycles. The molecule has 0 atom stereocenters. The number of nitrogens with zero attached hydrogens (tertiary/aromatic N) is 3. The van der Waals surface area contributed by atoms with Gasteiger partial charge in [-0.2, -0.15) is 0 Å². The van der Waals surface area contributed by atoms with E-state index in [9.17, 15) is 0 Å². The van der Waals surface area contributed by atoms with Crippen LogP contribution in [0.2, 0.25) is 0 Å². The Morgan fingerprint density at radius 3 is 2.85 bits per heavy atom.